The summed E-state index contributed by atoms with van der Waals surface area (Å²) in [5.74, 6) is 1.23. The van der Waals surface area contributed by atoms with E-state index in [0.29, 0.717) is 17.1 Å². The molecule has 3 aromatic rings. The average Bonchev–Trinajstić information content (AvgIpc) is 2.83. The second-order valence-electron chi connectivity index (χ2n) is 8.24. The molecule has 0 saturated heterocycles. The highest BCUT2D eigenvalue weighted by Crippen LogP contribution is 2.30. The van der Waals surface area contributed by atoms with Gasteiger partial charge in [-0.2, -0.15) is 0 Å². The Morgan fingerprint density at radius 2 is 1.69 bits per heavy atom. The highest BCUT2D eigenvalue weighted by Gasteiger charge is 2.17. The molecular weight excluding hydrogens is 400 g/mol. The molecule has 1 N–H and O–H groups in total. The van der Waals surface area contributed by atoms with Crippen LogP contribution in [-0.4, -0.2) is 31.6 Å². The number of methoxy groups -OCH3 is 2. The maximum atomic E-state index is 12.8. The first-order valence-corrected chi connectivity index (χ1v) is 11.0. The number of benzene rings is 3. The van der Waals surface area contributed by atoms with E-state index in [-0.39, 0.29) is 11.9 Å². The topological polar surface area (TPSA) is 50.8 Å². The Hall–Kier alpha value is -3.31. The number of fused-ring (bicyclic) bond motifs is 1. The molecule has 3 aromatic carbocycles. The van der Waals surface area contributed by atoms with E-state index in [1.54, 1.807) is 14.2 Å². The lowest BCUT2D eigenvalue weighted by Crippen LogP contribution is -2.30. The van der Waals surface area contributed by atoms with Gasteiger partial charge in [-0.25, -0.2) is 0 Å². The van der Waals surface area contributed by atoms with E-state index >= 15 is 0 Å². The largest absolute Gasteiger partial charge is 0.493 e. The Kier molecular flexibility index (Phi) is 6.76. The van der Waals surface area contributed by atoms with E-state index in [4.69, 9.17) is 9.47 Å². The first-order valence-electron chi connectivity index (χ1n) is 11.0. The third-order valence-corrected chi connectivity index (χ3v) is 6.09. The van der Waals surface area contributed by atoms with Crippen LogP contribution in [0.4, 0.5) is 0 Å². The summed E-state index contributed by atoms with van der Waals surface area (Å²) in [5.41, 5.74) is 5.70. The molecule has 0 bridgehead atoms. The van der Waals surface area contributed by atoms with E-state index < -0.39 is 0 Å². The minimum Gasteiger partial charge on any atom is -0.493 e. The standard InChI is InChI=1S/C27H30N2O3/c1-19(23-12-13-25(31-2)26(16-23)32-3)28-27(30)22-10-8-20(9-11-22)17-29-15-14-21-6-4-5-7-24(21)18-29/h4-13,16,19H,14-15,17-18H2,1-3H3,(H,28,30)/t19-/m1/s1. The molecule has 0 spiro atoms. The van der Waals surface area contributed by atoms with Crippen LogP contribution in [0.5, 0.6) is 11.5 Å². The number of amides is 1. The van der Waals surface area contributed by atoms with Crippen LogP contribution in [-0.2, 0) is 19.5 Å². The molecule has 0 aliphatic carbocycles. The molecule has 1 aliphatic rings. The maximum Gasteiger partial charge on any atom is 0.251 e. The molecule has 1 aliphatic heterocycles. The highest BCUT2D eigenvalue weighted by atomic mass is 16.5. The average molecular weight is 431 g/mol. The Balaban J connectivity index is 1.36. The van der Waals surface area contributed by atoms with Gasteiger partial charge in [0.1, 0.15) is 0 Å². The van der Waals surface area contributed by atoms with Crippen molar-refractivity contribution in [1.82, 2.24) is 10.2 Å². The van der Waals surface area contributed by atoms with Crippen molar-refractivity contribution in [3.05, 3.63) is 94.5 Å². The van der Waals surface area contributed by atoms with Gasteiger partial charge in [0.05, 0.1) is 20.3 Å². The summed E-state index contributed by atoms with van der Waals surface area (Å²) in [5, 5.41) is 3.07. The van der Waals surface area contributed by atoms with Crippen LogP contribution in [0.25, 0.3) is 0 Å². The highest BCUT2D eigenvalue weighted by molar-refractivity contribution is 5.94. The van der Waals surface area contributed by atoms with Crippen molar-refractivity contribution < 1.29 is 14.3 Å². The number of hydrogen-bond donors (Lipinski definition) is 1. The quantitative estimate of drug-likeness (QED) is 0.588. The fourth-order valence-corrected chi connectivity index (χ4v) is 4.19. The van der Waals surface area contributed by atoms with Gasteiger partial charge in [0.15, 0.2) is 11.5 Å². The number of nitrogens with one attached hydrogen (secondary N) is 1. The number of carbonyl (C=O) groups is 1. The van der Waals surface area contributed by atoms with E-state index in [2.05, 4.69) is 46.6 Å². The van der Waals surface area contributed by atoms with Gasteiger partial charge in [-0.3, -0.25) is 9.69 Å². The number of carbonyl (C=O) groups excluding carboxylic acids is 1. The molecule has 1 amide bonds. The smallest absolute Gasteiger partial charge is 0.251 e. The second-order valence-corrected chi connectivity index (χ2v) is 8.24. The Bertz CT molecular complexity index is 1080. The third-order valence-electron chi connectivity index (χ3n) is 6.09. The van der Waals surface area contributed by atoms with Gasteiger partial charge in [-0.15, -0.1) is 0 Å². The molecule has 4 rings (SSSR count). The predicted molar refractivity (Wildman–Crippen MR) is 126 cm³/mol. The van der Waals surface area contributed by atoms with E-state index in [1.807, 2.05) is 37.3 Å². The molecule has 1 atom stereocenters. The first kappa shape index (κ1) is 21.9. The van der Waals surface area contributed by atoms with Crippen molar-refractivity contribution in [2.24, 2.45) is 0 Å². The zero-order chi connectivity index (χ0) is 22.5. The van der Waals surface area contributed by atoms with Crippen molar-refractivity contribution >= 4 is 5.91 Å². The van der Waals surface area contributed by atoms with E-state index in [1.165, 1.54) is 16.7 Å². The van der Waals surface area contributed by atoms with Crippen molar-refractivity contribution in [2.45, 2.75) is 32.5 Å². The SMILES string of the molecule is COc1ccc([C@@H](C)NC(=O)c2ccc(CN3CCc4ccccc4C3)cc2)cc1OC. The second kappa shape index (κ2) is 9.88. The van der Waals surface area contributed by atoms with Crippen LogP contribution >= 0.6 is 0 Å². The number of ether oxygens (including phenoxy) is 2. The molecule has 1 heterocycles. The summed E-state index contributed by atoms with van der Waals surface area (Å²) in [6.07, 6.45) is 1.09. The molecule has 0 radical (unpaired) electrons. The van der Waals surface area contributed by atoms with Crippen LogP contribution in [0.3, 0.4) is 0 Å². The zero-order valence-electron chi connectivity index (χ0n) is 18.9. The molecule has 0 unspecified atom stereocenters. The van der Waals surface area contributed by atoms with Crippen molar-refractivity contribution in [3.63, 3.8) is 0 Å². The number of hydrogen-bond acceptors (Lipinski definition) is 4. The summed E-state index contributed by atoms with van der Waals surface area (Å²) >= 11 is 0. The van der Waals surface area contributed by atoms with Crippen LogP contribution in [0, 0.1) is 0 Å². The van der Waals surface area contributed by atoms with Crippen molar-refractivity contribution in [1.29, 1.82) is 0 Å². The summed E-state index contributed by atoms with van der Waals surface area (Å²) in [7, 11) is 3.21. The molecule has 5 heteroatoms. The van der Waals surface area contributed by atoms with Crippen LogP contribution in [0.15, 0.2) is 66.7 Å². The van der Waals surface area contributed by atoms with Gasteiger partial charge in [-0.1, -0.05) is 42.5 Å². The Morgan fingerprint density at radius 3 is 2.41 bits per heavy atom. The van der Waals surface area contributed by atoms with E-state index in [9.17, 15) is 4.79 Å². The summed E-state index contributed by atoms with van der Waals surface area (Å²) in [6.45, 7) is 4.88. The Morgan fingerprint density at radius 1 is 0.969 bits per heavy atom. The van der Waals surface area contributed by atoms with Crippen LogP contribution in [0.1, 0.15) is 45.6 Å². The zero-order valence-corrected chi connectivity index (χ0v) is 18.9. The van der Waals surface area contributed by atoms with Gasteiger partial charge in [0.2, 0.25) is 0 Å². The maximum absolute atomic E-state index is 12.8. The normalized spacial score (nSPS) is 14.3. The van der Waals surface area contributed by atoms with Crippen molar-refractivity contribution in [2.75, 3.05) is 20.8 Å². The Labute approximate surface area is 190 Å². The summed E-state index contributed by atoms with van der Waals surface area (Å²) < 4.78 is 10.7. The lowest BCUT2D eigenvalue weighted by molar-refractivity contribution is 0.0940. The molecule has 0 aromatic heterocycles. The van der Waals surface area contributed by atoms with Gasteiger partial charge < -0.3 is 14.8 Å². The minimum absolute atomic E-state index is 0.0919. The summed E-state index contributed by atoms with van der Waals surface area (Å²) in [4.78, 5) is 15.2. The third kappa shape index (κ3) is 4.94. The van der Waals surface area contributed by atoms with Crippen molar-refractivity contribution in [3.8, 4) is 11.5 Å². The predicted octanol–water partition coefficient (Wildman–Crippen LogP) is 4.75. The molecule has 0 fully saturated rings. The molecular formula is C27H30N2O3. The van der Waals surface area contributed by atoms with Gasteiger partial charge >= 0.3 is 0 Å². The molecule has 166 valence electrons. The van der Waals surface area contributed by atoms with Crippen LogP contribution in [0.2, 0.25) is 0 Å². The van der Waals surface area contributed by atoms with Gasteiger partial charge in [-0.05, 0) is 59.9 Å². The fourth-order valence-electron chi connectivity index (χ4n) is 4.19. The number of rotatable bonds is 7. The molecule has 32 heavy (non-hydrogen) atoms. The van der Waals surface area contributed by atoms with Gasteiger partial charge in [0.25, 0.3) is 5.91 Å². The summed E-state index contributed by atoms with van der Waals surface area (Å²) in [6, 6.07) is 22.1. The van der Waals surface area contributed by atoms with Crippen LogP contribution < -0.4 is 14.8 Å². The molecule has 5 nitrogen and oxygen atoms in total. The number of nitrogens with zero attached hydrogens (tertiary/aromatic N) is 1. The fraction of sp³-hybridized carbons (Fsp3) is 0.296. The lowest BCUT2D eigenvalue weighted by atomic mass is 9.99. The minimum atomic E-state index is -0.157. The monoisotopic (exact) mass is 430 g/mol. The first-order chi connectivity index (χ1) is 15.6. The lowest BCUT2D eigenvalue weighted by Gasteiger charge is -2.28. The molecule has 0 saturated carbocycles. The van der Waals surface area contributed by atoms with Gasteiger partial charge in [0, 0.05) is 25.2 Å². The van der Waals surface area contributed by atoms with E-state index in [0.717, 1.165) is 31.6 Å².